The van der Waals surface area contributed by atoms with Crippen LogP contribution < -0.4 is 15.1 Å². The van der Waals surface area contributed by atoms with Crippen LogP contribution >= 0.6 is 0 Å². The SMILES string of the molecule is COc1ccc(CO[C@@H]2[C@@H](OCC(O)CO[Si](c3ccccc3)(c3ccccc3)C(C)(C)C)[C@H](OCc3ccccc3)[C@@H](OCc3ccccc3)[C@H](OCc3ccccc3)[C@@H]2O[C@H]2O[C@H](COCc3ccccc3)[C@@H](OCc3ccccc3)[C@H](OCc3ccccc3)[C@@H]2OCc2ccccc2)cc1. The van der Waals surface area contributed by atoms with E-state index in [1.165, 1.54) is 0 Å². The normalized spacial score (nSPS) is 21.7. The first kappa shape index (κ1) is 74.4. The summed E-state index contributed by atoms with van der Waals surface area (Å²) in [6.45, 7) is 7.79. The van der Waals surface area contributed by atoms with Crippen molar-refractivity contribution in [2.45, 2.75) is 152 Å². The van der Waals surface area contributed by atoms with Crippen molar-refractivity contribution in [3.63, 3.8) is 0 Å². The second kappa shape index (κ2) is 37.9. The number of methoxy groups -OCH3 is 1. The van der Waals surface area contributed by atoms with E-state index in [1.807, 2.05) is 249 Å². The van der Waals surface area contributed by atoms with Gasteiger partial charge < -0.3 is 66.4 Å². The Morgan fingerprint density at radius 1 is 0.330 bits per heavy atom. The maximum Gasteiger partial charge on any atom is 0.261 e. The van der Waals surface area contributed by atoms with Gasteiger partial charge in [-0.3, -0.25) is 0 Å². The molecule has 12 rings (SSSR count). The highest BCUT2D eigenvalue weighted by atomic mass is 28.4. The Balaban J connectivity index is 1.00. The summed E-state index contributed by atoms with van der Waals surface area (Å²) in [7, 11) is -1.52. The Hall–Kier alpha value is -8.30. The Bertz CT molecular complexity index is 3940. The zero-order chi connectivity index (χ0) is 70.9. The summed E-state index contributed by atoms with van der Waals surface area (Å²) >= 11 is 0. The van der Waals surface area contributed by atoms with Crippen LogP contribution in [0.2, 0.25) is 5.04 Å². The molecule has 0 spiro atoms. The number of ether oxygens (including phenoxy) is 12. The summed E-state index contributed by atoms with van der Waals surface area (Å²) in [5.74, 6) is 0.689. The van der Waals surface area contributed by atoms with Crippen molar-refractivity contribution in [1.29, 1.82) is 0 Å². The van der Waals surface area contributed by atoms with Gasteiger partial charge in [0.25, 0.3) is 8.32 Å². The van der Waals surface area contributed by atoms with Crippen molar-refractivity contribution in [1.82, 2.24) is 0 Å². The number of hydrogen-bond donors (Lipinski definition) is 1. The lowest BCUT2D eigenvalue weighted by molar-refractivity contribution is -0.366. The van der Waals surface area contributed by atoms with Gasteiger partial charge in [0.05, 0.1) is 85.9 Å². The maximum atomic E-state index is 12.8. The lowest BCUT2D eigenvalue weighted by Crippen LogP contribution is -2.70. The average molecular weight is 1410 g/mol. The Morgan fingerprint density at radius 2 is 0.621 bits per heavy atom. The van der Waals surface area contributed by atoms with Crippen LogP contribution in [0.3, 0.4) is 0 Å². The standard InChI is InChI=1S/C88H96O14Si/c1-88(2,3)103(75-46-28-12-29-47-75,76-48-30-13-31-49-76)100-63-73(89)62-99-82-80(94-57-68-38-20-8-21-39-68)81(95-58-69-40-22-9-23-41-69)83(96-59-70-42-24-10-25-43-70)85(84(82)97-61-72-50-52-74(90-4)53-51-72)102-87-86(98-60-71-44-26-11-27-45-71)79(93-56-67-36-18-7-19-37-67)78(92-55-66-34-16-6-17-35-66)77(101-87)64-91-54-65-32-14-5-15-33-65/h5-53,73,77-87,89H,54-64H2,1-4H3/t73?,77-,78-,79+,80-,81-,82+,83+,84-,85+,86+,87-/m1/s1. The van der Waals surface area contributed by atoms with Crippen LogP contribution in [0.1, 0.15) is 65.3 Å². The number of hydrogen-bond acceptors (Lipinski definition) is 14. The van der Waals surface area contributed by atoms with E-state index in [2.05, 4.69) is 69.3 Å². The van der Waals surface area contributed by atoms with Gasteiger partial charge in [0.15, 0.2) is 6.29 Å². The molecule has 15 heteroatoms. The largest absolute Gasteiger partial charge is 0.497 e. The molecule has 0 aromatic heterocycles. The van der Waals surface area contributed by atoms with Crippen LogP contribution in [0.5, 0.6) is 5.75 Å². The van der Waals surface area contributed by atoms with Gasteiger partial charge >= 0.3 is 0 Å². The zero-order valence-corrected chi connectivity index (χ0v) is 60.3. The van der Waals surface area contributed by atoms with Crippen molar-refractivity contribution < 1.29 is 66.4 Å². The lowest BCUT2D eigenvalue weighted by atomic mass is 9.83. The first-order valence-corrected chi connectivity index (χ1v) is 37.6. The number of aliphatic hydroxyl groups excluding tert-OH is 1. The molecule has 0 amide bonds. The molecular weight excluding hydrogens is 1310 g/mol. The van der Waals surface area contributed by atoms with E-state index in [1.54, 1.807) is 7.11 Å². The molecule has 103 heavy (non-hydrogen) atoms. The molecule has 0 bridgehead atoms. The monoisotopic (exact) mass is 1400 g/mol. The molecule has 14 nitrogen and oxygen atoms in total. The zero-order valence-electron chi connectivity index (χ0n) is 59.3. The second-order valence-electron chi connectivity index (χ2n) is 27.3. The molecule has 1 saturated carbocycles. The molecule has 10 aromatic carbocycles. The predicted molar refractivity (Wildman–Crippen MR) is 401 cm³/mol. The Morgan fingerprint density at radius 3 is 0.971 bits per heavy atom. The van der Waals surface area contributed by atoms with Crippen molar-refractivity contribution >= 4 is 18.7 Å². The van der Waals surface area contributed by atoms with Gasteiger partial charge in [-0.1, -0.05) is 306 Å². The van der Waals surface area contributed by atoms with Gasteiger partial charge in [0.2, 0.25) is 0 Å². The van der Waals surface area contributed by atoms with E-state index >= 15 is 0 Å². The molecule has 1 saturated heterocycles. The summed E-state index contributed by atoms with van der Waals surface area (Å²) in [6, 6.07) is 98.9. The van der Waals surface area contributed by atoms with Gasteiger partial charge in [-0.2, -0.15) is 0 Å². The smallest absolute Gasteiger partial charge is 0.261 e. The molecule has 10 aromatic rings. The van der Waals surface area contributed by atoms with E-state index in [9.17, 15) is 5.11 Å². The number of rotatable bonds is 36. The van der Waals surface area contributed by atoms with Gasteiger partial charge in [-0.25, -0.2) is 0 Å². The van der Waals surface area contributed by atoms with Crippen molar-refractivity contribution in [2.24, 2.45) is 0 Å². The highest BCUT2D eigenvalue weighted by Gasteiger charge is 2.59. The van der Waals surface area contributed by atoms with Gasteiger partial charge in [-0.15, -0.1) is 0 Å². The van der Waals surface area contributed by atoms with E-state index < -0.39 is 81.8 Å². The average Bonchev–Trinajstić information content (AvgIpc) is 0.758. The lowest BCUT2D eigenvalue weighted by Gasteiger charge is -2.52. The van der Waals surface area contributed by atoms with Crippen molar-refractivity contribution in [3.8, 4) is 5.75 Å². The highest BCUT2D eigenvalue weighted by molar-refractivity contribution is 6.99. The molecule has 536 valence electrons. The Labute approximate surface area is 608 Å². The number of aliphatic hydroxyl groups is 1. The summed E-state index contributed by atoms with van der Waals surface area (Å²) in [5.41, 5.74) is 7.38. The van der Waals surface area contributed by atoms with E-state index in [-0.39, 0.29) is 71.1 Å². The third-order valence-electron chi connectivity index (χ3n) is 18.9. The molecule has 0 radical (unpaired) electrons. The fraction of sp³-hybridized carbons (Fsp3) is 0.318. The van der Waals surface area contributed by atoms with Gasteiger partial charge in [-0.05, 0) is 72.1 Å². The molecule has 2 fully saturated rings. The molecule has 1 N–H and O–H groups in total. The fourth-order valence-corrected chi connectivity index (χ4v) is 18.3. The first-order chi connectivity index (χ1) is 50.6. The van der Waals surface area contributed by atoms with E-state index in [4.69, 9.17) is 61.3 Å². The maximum absolute atomic E-state index is 12.8. The summed E-state index contributed by atoms with van der Waals surface area (Å²) in [4.78, 5) is 0. The third kappa shape index (κ3) is 20.4. The summed E-state index contributed by atoms with van der Waals surface area (Å²) in [5, 5.41) is 14.6. The number of benzene rings is 10. The van der Waals surface area contributed by atoms with Crippen LogP contribution in [0.25, 0.3) is 0 Å². The molecule has 1 unspecified atom stereocenters. The highest BCUT2D eigenvalue weighted by Crippen LogP contribution is 2.41. The van der Waals surface area contributed by atoms with E-state index in [0.29, 0.717) is 12.4 Å². The van der Waals surface area contributed by atoms with Crippen molar-refractivity contribution in [2.75, 3.05) is 26.9 Å². The fourth-order valence-electron chi connectivity index (χ4n) is 13.7. The minimum atomic E-state index is -3.16. The predicted octanol–water partition coefficient (Wildman–Crippen LogP) is 14.8. The van der Waals surface area contributed by atoms with Crippen LogP contribution in [0.15, 0.2) is 297 Å². The van der Waals surface area contributed by atoms with Gasteiger partial charge in [0.1, 0.15) is 66.8 Å². The second-order valence-corrected chi connectivity index (χ2v) is 31.6. The molecule has 1 aliphatic heterocycles. The quantitative estimate of drug-likeness (QED) is 0.0372. The molecule has 1 aliphatic carbocycles. The Kier molecular flexibility index (Phi) is 27.4. The molecule has 12 atom stereocenters. The van der Waals surface area contributed by atoms with Crippen LogP contribution in [0.4, 0.5) is 0 Å². The van der Waals surface area contributed by atoms with Crippen LogP contribution in [0, 0.1) is 0 Å². The summed E-state index contributed by atoms with van der Waals surface area (Å²) in [6.07, 6.45) is -12.2. The van der Waals surface area contributed by atoms with E-state index in [0.717, 1.165) is 54.9 Å². The van der Waals surface area contributed by atoms with Crippen molar-refractivity contribution in [3.05, 3.63) is 342 Å². The molecule has 2 aliphatic rings. The first-order valence-electron chi connectivity index (χ1n) is 35.7. The third-order valence-corrected chi connectivity index (χ3v) is 23.9. The minimum Gasteiger partial charge on any atom is -0.497 e. The van der Waals surface area contributed by atoms with Crippen LogP contribution in [-0.2, 0) is 109 Å². The van der Waals surface area contributed by atoms with Crippen LogP contribution in [-0.4, -0.2) is 114 Å². The molecular formula is C88H96O14Si. The van der Waals surface area contributed by atoms with Gasteiger partial charge in [0, 0.05) is 0 Å². The molecule has 1 heterocycles. The minimum absolute atomic E-state index is 0.0634. The topological polar surface area (TPSA) is 140 Å². The summed E-state index contributed by atoms with van der Waals surface area (Å²) < 4.78 is 94.6.